The second-order valence-corrected chi connectivity index (χ2v) is 4.29. The Bertz CT molecular complexity index is 587. The maximum absolute atomic E-state index is 12.2. The zero-order valence-corrected chi connectivity index (χ0v) is 10.7. The lowest BCUT2D eigenvalue weighted by Gasteiger charge is -2.18. The largest absolute Gasteiger partial charge is 0.507 e. The number of hydrogen-bond donors (Lipinski definition) is 2. The van der Waals surface area contributed by atoms with Crippen molar-refractivity contribution in [2.45, 2.75) is 6.54 Å². The van der Waals surface area contributed by atoms with Crippen LogP contribution in [0.1, 0.15) is 16.2 Å². The summed E-state index contributed by atoms with van der Waals surface area (Å²) in [4.78, 5) is 17.7. The van der Waals surface area contributed by atoms with Gasteiger partial charge in [-0.2, -0.15) is 0 Å². The van der Waals surface area contributed by atoms with E-state index in [1.165, 1.54) is 23.1 Å². The number of hydrogen-bond acceptors (Lipinski definition) is 4. The van der Waals surface area contributed by atoms with Gasteiger partial charge in [0.2, 0.25) is 0 Å². The standard InChI is InChI=1S/C13H15N3O3/c1-15-7-6-14-11(15)8-16(2)13(19)12-9(17)4-3-5-10(12)18/h3-7,17-18H,8H2,1-2H3. The van der Waals surface area contributed by atoms with Crippen molar-refractivity contribution in [2.75, 3.05) is 7.05 Å². The van der Waals surface area contributed by atoms with Gasteiger partial charge in [-0.1, -0.05) is 6.07 Å². The molecule has 0 saturated heterocycles. The third-order valence-electron chi connectivity index (χ3n) is 2.88. The molecule has 0 spiro atoms. The van der Waals surface area contributed by atoms with E-state index >= 15 is 0 Å². The number of amides is 1. The van der Waals surface area contributed by atoms with Gasteiger partial charge < -0.3 is 19.7 Å². The molecule has 2 N–H and O–H groups in total. The summed E-state index contributed by atoms with van der Waals surface area (Å²) in [5, 5.41) is 19.3. The number of rotatable bonds is 3. The van der Waals surface area contributed by atoms with E-state index in [0.717, 1.165) is 0 Å². The summed E-state index contributed by atoms with van der Waals surface area (Å²) in [6.07, 6.45) is 3.43. The van der Waals surface area contributed by atoms with Crippen LogP contribution in [0.2, 0.25) is 0 Å². The summed E-state index contributed by atoms with van der Waals surface area (Å²) in [5.74, 6) is -0.224. The summed E-state index contributed by atoms with van der Waals surface area (Å²) in [5.41, 5.74) is -0.0980. The summed E-state index contributed by atoms with van der Waals surface area (Å²) < 4.78 is 1.80. The molecular weight excluding hydrogens is 246 g/mol. The SMILES string of the molecule is CN(Cc1nccn1C)C(=O)c1c(O)cccc1O. The van der Waals surface area contributed by atoms with Crippen molar-refractivity contribution in [3.63, 3.8) is 0 Å². The van der Waals surface area contributed by atoms with Crippen molar-refractivity contribution in [1.29, 1.82) is 0 Å². The van der Waals surface area contributed by atoms with Gasteiger partial charge in [-0.15, -0.1) is 0 Å². The number of imidazole rings is 1. The number of aryl methyl sites for hydroxylation is 1. The van der Waals surface area contributed by atoms with Crippen molar-refractivity contribution >= 4 is 5.91 Å². The number of phenols is 2. The molecule has 0 aliphatic rings. The van der Waals surface area contributed by atoms with Crippen LogP contribution in [0.15, 0.2) is 30.6 Å². The highest BCUT2D eigenvalue weighted by atomic mass is 16.3. The monoisotopic (exact) mass is 261 g/mol. The van der Waals surface area contributed by atoms with E-state index in [0.29, 0.717) is 5.82 Å². The normalized spacial score (nSPS) is 10.4. The first-order valence-electron chi connectivity index (χ1n) is 5.73. The van der Waals surface area contributed by atoms with Gasteiger partial charge in [-0.05, 0) is 12.1 Å². The molecule has 0 radical (unpaired) electrons. The Labute approximate surface area is 110 Å². The highest BCUT2D eigenvalue weighted by Crippen LogP contribution is 2.27. The van der Waals surface area contributed by atoms with Crippen molar-refractivity contribution < 1.29 is 15.0 Å². The smallest absolute Gasteiger partial charge is 0.261 e. The van der Waals surface area contributed by atoms with Gasteiger partial charge in [0, 0.05) is 26.5 Å². The second kappa shape index (κ2) is 5.01. The van der Waals surface area contributed by atoms with Gasteiger partial charge in [-0.3, -0.25) is 4.79 Å². The number of phenolic OH excluding ortho intramolecular Hbond substituents is 2. The average Bonchev–Trinajstić information content (AvgIpc) is 2.74. The molecular formula is C13H15N3O3. The minimum Gasteiger partial charge on any atom is -0.507 e. The molecule has 2 rings (SSSR count). The number of benzene rings is 1. The molecule has 19 heavy (non-hydrogen) atoms. The lowest BCUT2D eigenvalue weighted by atomic mass is 10.1. The van der Waals surface area contributed by atoms with E-state index in [1.54, 1.807) is 24.0 Å². The molecule has 0 aliphatic heterocycles. The Morgan fingerprint density at radius 2 is 2.00 bits per heavy atom. The van der Waals surface area contributed by atoms with Crippen molar-refractivity contribution in [3.05, 3.63) is 42.0 Å². The van der Waals surface area contributed by atoms with Gasteiger partial charge in [0.05, 0.1) is 6.54 Å². The molecule has 0 fully saturated rings. The van der Waals surface area contributed by atoms with Gasteiger partial charge in [0.1, 0.15) is 22.9 Å². The fraction of sp³-hybridized carbons (Fsp3) is 0.231. The lowest BCUT2D eigenvalue weighted by molar-refractivity contribution is 0.0774. The Hall–Kier alpha value is -2.50. The molecule has 1 heterocycles. The number of nitrogens with zero attached hydrogens (tertiary/aromatic N) is 3. The third kappa shape index (κ3) is 2.52. The Morgan fingerprint density at radius 3 is 2.53 bits per heavy atom. The average molecular weight is 261 g/mol. The molecule has 6 nitrogen and oxygen atoms in total. The zero-order chi connectivity index (χ0) is 14.0. The first kappa shape index (κ1) is 12.9. The fourth-order valence-electron chi connectivity index (χ4n) is 1.77. The maximum Gasteiger partial charge on any atom is 0.261 e. The van der Waals surface area contributed by atoms with E-state index in [2.05, 4.69) is 4.98 Å². The number of aromatic hydroxyl groups is 2. The predicted octanol–water partition coefficient (Wildman–Crippen LogP) is 1.10. The molecule has 6 heteroatoms. The third-order valence-corrected chi connectivity index (χ3v) is 2.88. The highest BCUT2D eigenvalue weighted by molar-refractivity contribution is 5.99. The van der Waals surface area contributed by atoms with Gasteiger partial charge >= 0.3 is 0 Å². The van der Waals surface area contributed by atoms with E-state index in [1.807, 2.05) is 7.05 Å². The van der Waals surface area contributed by atoms with Crippen LogP contribution >= 0.6 is 0 Å². The van der Waals surface area contributed by atoms with Crippen molar-refractivity contribution in [3.8, 4) is 11.5 Å². The summed E-state index contributed by atoms with van der Waals surface area (Å²) in [6, 6.07) is 4.20. The Balaban J connectivity index is 2.22. The first-order valence-corrected chi connectivity index (χ1v) is 5.73. The van der Waals surface area contributed by atoms with E-state index < -0.39 is 5.91 Å². The molecule has 0 saturated carbocycles. The Morgan fingerprint density at radius 1 is 1.37 bits per heavy atom. The first-order chi connectivity index (χ1) is 9.00. The highest BCUT2D eigenvalue weighted by Gasteiger charge is 2.20. The van der Waals surface area contributed by atoms with Crippen LogP contribution in [0.4, 0.5) is 0 Å². The Kier molecular flexibility index (Phi) is 3.41. The summed E-state index contributed by atoms with van der Waals surface area (Å²) in [7, 11) is 3.42. The van der Waals surface area contributed by atoms with E-state index in [9.17, 15) is 15.0 Å². The fourth-order valence-corrected chi connectivity index (χ4v) is 1.77. The van der Waals surface area contributed by atoms with Crippen molar-refractivity contribution in [2.24, 2.45) is 7.05 Å². The molecule has 1 aromatic heterocycles. The van der Waals surface area contributed by atoms with Gasteiger partial charge in [-0.25, -0.2) is 4.98 Å². The topological polar surface area (TPSA) is 78.6 Å². The molecule has 0 aliphatic carbocycles. The van der Waals surface area contributed by atoms with Crippen LogP contribution in [0.5, 0.6) is 11.5 Å². The minimum absolute atomic E-state index is 0.0980. The molecule has 0 atom stereocenters. The van der Waals surface area contributed by atoms with Crippen LogP contribution < -0.4 is 0 Å². The molecule has 2 aromatic rings. The van der Waals surface area contributed by atoms with Gasteiger partial charge in [0.15, 0.2) is 0 Å². The summed E-state index contributed by atoms with van der Waals surface area (Å²) in [6.45, 7) is 0.288. The predicted molar refractivity (Wildman–Crippen MR) is 68.8 cm³/mol. The second-order valence-electron chi connectivity index (χ2n) is 4.29. The van der Waals surface area contributed by atoms with E-state index in [4.69, 9.17) is 0 Å². The molecule has 0 bridgehead atoms. The maximum atomic E-state index is 12.2. The van der Waals surface area contributed by atoms with Crippen LogP contribution in [0, 0.1) is 0 Å². The van der Waals surface area contributed by atoms with Crippen LogP contribution in [-0.4, -0.2) is 37.6 Å². The zero-order valence-electron chi connectivity index (χ0n) is 10.7. The van der Waals surface area contributed by atoms with Gasteiger partial charge in [0.25, 0.3) is 5.91 Å². The quantitative estimate of drug-likeness (QED) is 0.867. The minimum atomic E-state index is -0.460. The summed E-state index contributed by atoms with van der Waals surface area (Å²) >= 11 is 0. The van der Waals surface area contributed by atoms with Crippen molar-refractivity contribution in [1.82, 2.24) is 14.5 Å². The lowest BCUT2D eigenvalue weighted by Crippen LogP contribution is -2.27. The molecule has 1 amide bonds. The van der Waals surface area contributed by atoms with Crippen LogP contribution in [-0.2, 0) is 13.6 Å². The van der Waals surface area contributed by atoms with Crippen LogP contribution in [0.25, 0.3) is 0 Å². The van der Waals surface area contributed by atoms with E-state index in [-0.39, 0.29) is 23.6 Å². The molecule has 100 valence electrons. The van der Waals surface area contributed by atoms with Crippen LogP contribution in [0.3, 0.4) is 0 Å². The molecule has 1 aromatic carbocycles. The molecule has 0 unspecified atom stereocenters. The number of carbonyl (C=O) groups excluding carboxylic acids is 1. The number of aromatic nitrogens is 2. The number of carbonyl (C=O) groups is 1.